The summed E-state index contributed by atoms with van der Waals surface area (Å²) in [5.74, 6) is 0.487. The minimum atomic E-state index is -0.516. The minimum absolute atomic E-state index is 0.0378. The highest BCUT2D eigenvalue weighted by Gasteiger charge is 2.30. The maximum atomic E-state index is 12.2. The van der Waals surface area contributed by atoms with Gasteiger partial charge in [-0.25, -0.2) is 0 Å². The van der Waals surface area contributed by atoms with E-state index in [4.69, 9.17) is 4.74 Å². The molecule has 0 saturated heterocycles. The highest BCUT2D eigenvalue weighted by atomic mass is 16.5. The van der Waals surface area contributed by atoms with Crippen LogP contribution in [-0.4, -0.2) is 24.5 Å². The third-order valence-corrected chi connectivity index (χ3v) is 3.24. The molecule has 21 heavy (non-hydrogen) atoms. The molecule has 2 amide bonds. The number of hydrogen-bond donors (Lipinski definition) is 1. The molecule has 1 aliphatic rings. The molecule has 0 radical (unpaired) electrons. The summed E-state index contributed by atoms with van der Waals surface area (Å²) in [6.07, 6.45) is 2.42. The Bertz CT molecular complexity index is 569. The summed E-state index contributed by atoms with van der Waals surface area (Å²) in [6.45, 7) is 7.76. The van der Waals surface area contributed by atoms with Gasteiger partial charge in [-0.2, -0.15) is 0 Å². The zero-order valence-corrected chi connectivity index (χ0v) is 12.4. The lowest BCUT2D eigenvalue weighted by Gasteiger charge is -2.32. The van der Waals surface area contributed by atoms with Crippen LogP contribution in [0.1, 0.15) is 26.7 Å². The number of fused-ring (bicyclic) bond motifs is 1. The first kappa shape index (κ1) is 15.1. The Morgan fingerprint density at radius 3 is 2.95 bits per heavy atom. The van der Waals surface area contributed by atoms with E-state index >= 15 is 0 Å². The van der Waals surface area contributed by atoms with Crippen molar-refractivity contribution >= 4 is 23.2 Å². The Kier molecular flexibility index (Phi) is 4.62. The van der Waals surface area contributed by atoms with Gasteiger partial charge in [-0.15, -0.1) is 6.58 Å². The molecule has 2 rings (SSSR count). The second kappa shape index (κ2) is 6.43. The number of hydrogen-bond acceptors (Lipinski definition) is 3. The standard InChI is InChI=1S/C16H20N2O3/c1-4-6-15(19)17-12-7-8-14-13(10-12)18(9-5-2)16(20)11(3)21-14/h5,7-8,10-11H,2,4,6,9H2,1,3H3,(H,17,19). The first-order valence-electron chi connectivity index (χ1n) is 7.09. The van der Waals surface area contributed by atoms with Crippen molar-refractivity contribution in [1.82, 2.24) is 0 Å². The van der Waals surface area contributed by atoms with Crippen molar-refractivity contribution in [3.8, 4) is 5.75 Å². The van der Waals surface area contributed by atoms with Crippen molar-refractivity contribution in [2.75, 3.05) is 16.8 Å². The molecule has 1 aromatic carbocycles. The zero-order chi connectivity index (χ0) is 15.4. The maximum Gasteiger partial charge on any atom is 0.268 e. The molecule has 1 aliphatic heterocycles. The van der Waals surface area contributed by atoms with Gasteiger partial charge in [-0.1, -0.05) is 13.0 Å². The summed E-state index contributed by atoms with van der Waals surface area (Å²) in [5.41, 5.74) is 1.32. The van der Waals surface area contributed by atoms with Crippen molar-refractivity contribution < 1.29 is 14.3 Å². The van der Waals surface area contributed by atoms with E-state index in [1.807, 2.05) is 6.92 Å². The SMILES string of the molecule is C=CCN1C(=O)C(C)Oc2ccc(NC(=O)CCC)cc21. The summed E-state index contributed by atoms with van der Waals surface area (Å²) < 4.78 is 5.59. The highest BCUT2D eigenvalue weighted by molar-refractivity contribution is 6.01. The van der Waals surface area contributed by atoms with Crippen molar-refractivity contribution in [2.24, 2.45) is 0 Å². The van der Waals surface area contributed by atoms with Gasteiger partial charge in [0.25, 0.3) is 5.91 Å². The fraction of sp³-hybridized carbons (Fsp3) is 0.375. The van der Waals surface area contributed by atoms with Crippen LogP contribution in [0.4, 0.5) is 11.4 Å². The Labute approximate surface area is 124 Å². The van der Waals surface area contributed by atoms with Crippen LogP contribution < -0.4 is 15.0 Å². The van der Waals surface area contributed by atoms with E-state index in [0.717, 1.165) is 6.42 Å². The molecule has 0 saturated carbocycles. The Morgan fingerprint density at radius 2 is 2.29 bits per heavy atom. The van der Waals surface area contributed by atoms with Gasteiger partial charge in [0.15, 0.2) is 6.10 Å². The number of rotatable bonds is 5. The lowest BCUT2D eigenvalue weighted by Crippen LogP contribution is -2.44. The largest absolute Gasteiger partial charge is 0.479 e. The predicted octanol–water partition coefficient (Wildman–Crippen LogP) is 2.73. The smallest absolute Gasteiger partial charge is 0.268 e. The fourth-order valence-electron chi connectivity index (χ4n) is 2.25. The maximum absolute atomic E-state index is 12.2. The number of anilines is 2. The number of carbonyl (C=O) groups excluding carboxylic acids is 2. The van der Waals surface area contributed by atoms with Gasteiger partial charge < -0.3 is 15.0 Å². The first-order valence-corrected chi connectivity index (χ1v) is 7.09. The third kappa shape index (κ3) is 3.24. The van der Waals surface area contributed by atoms with Gasteiger partial charge in [0.2, 0.25) is 5.91 Å². The van der Waals surface area contributed by atoms with Crippen LogP contribution in [0.25, 0.3) is 0 Å². The molecule has 112 valence electrons. The second-order valence-electron chi connectivity index (χ2n) is 4.98. The van der Waals surface area contributed by atoms with Crippen LogP contribution in [0.3, 0.4) is 0 Å². The summed E-state index contributed by atoms with van der Waals surface area (Å²) >= 11 is 0. The lowest BCUT2D eigenvalue weighted by atomic mass is 10.1. The molecule has 1 atom stereocenters. The number of ether oxygens (including phenoxy) is 1. The number of nitrogens with one attached hydrogen (secondary N) is 1. The van der Waals surface area contributed by atoms with E-state index in [1.165, 1.54) is 0 Å². The second-order valence-corrected chi connectivity index (χ2v) is 4.98. The van der Waals surface area contributed by atoms with Crippen LogP contribution in [0.2, 0.25) is 0 Å². The zero-order valence-electron chi connectivity index (χ0n) is 12.4. The molecule has 5 heteroatoms. The topological polar surface area (TPSA) is 58.6 Å². The summed E-state index contributed by atoms with van der Waals surface area (Å²) in [7, 11) is 0. The van der Waals surface area contributed by atoms with E-state index in [2.05, 4.69) is 11.9 Å². The van der Waals surface area contributed by atoms with Crippen molar-refractivity contribution in [3.05, 3.63) is 30.9 Å². The van der Waals surface area contributed by atoms with Crippen LogP contribution >= 0.6 is 0 Å². The van der Waals surface area contributed by atoms with Crippen LogP contribution in [0.5, 0.6) is 5.75 Å². The number of benzene rings is 1. The van der Waals surface area contributed by atoms with Gasteiger partial charge in [0.1, 0.15) is 5.75 Å². The van der Waals surface area contributed by atoms with Crippen molar-refractivity contribution in [1.29, 1.82) is 0 Å². The molecule has 1 aromatic rings. The summed E-state index contributed by atoms with van der Waals surface area (Å²) in [6, 6.07) is 5.31. The number of carbonyl (C=O) groups is 2. The predicted molar refractivity (Wildman–Crippen MR) is 82.6 cm³/mol. The minimum Gasteiger partial charge on any atom is -0.479 e. The Morgan fingerprint density at radius 1 is 1.52 bits per heavy atom. The van der Waals surface area contributed by atoms with E-state index in [0.29, 0.717) is 30.1 Å². The normalized spacial score (nSPS) is 17.0. The molecule has 0 aromatic heterocycles. The Hall–Kier alpha value is -2.30. The van der Waals surface area contributed by atoms with Gasteiger partial charge in [-0.05, 0) is 31.5 Å². The molecule has 1 N–H and O–H groups in total. The average Bonchev–Trinajstić information content (AvgIpc) is 2.45. The molecule has 5 nitrogen and oxygen atoms in total. The van der Waals surface area contributed by atoms with E-state index < -0.39 is 6.10 Å². The molecule has 0 fully saturated rings. The van der Waals surface area contributed by atoms with E-state index in [9.17, 15) is 9.59 Å². The lowest BCUT2D eigenvalue weighted by molar-refractivity contribution is -0.125. The van der Waals surface area contributed by atoms with Gasteiger partial charge in [-0.3, -0.25) is 9.59 Å². The number of amides is 2. The molecule has 0 aliphatic carbocycles. The quantitative estimate of drug-likeness (QED) is 0.847. The molecule has 1 unspecified atom stereocenters. The Balaban J connectivity index is 2.30. The molecular weight excluding hydrogens is 268 g/mol. The molecule has 0 spiro atoms. The van der Waals surface area contributed by atoms with Gasteiger partial charge in [0.05, 0.1) is 5.69 Å². The van der Waals surface area contributed by atoms with Crippen LogP contribution in [0.15, 0.2) is 30.9 Å². The molecular formula is C16H20N2O3. The van der Waals surface area contributed by atoms with Gasteiger partial charge >= 0.3 is 0 Å². The fourth-order valence-corrected chi connectivity index (χ4v) is 2.25. The van der Waals surface area contributed by atoms with Crippen LogP contribution in [0, 0.1) is 0 Å². The third-order valence-electron chi connectivity index (χ3n) is 3.24. The monoisotopic (exact) mass is 288 g/mol. The van der Waals surface area contributed by atoms with E-state index in [-0.39, 0.29) is 11.8 Å². The average molecular weight is 288 g/mol. The summed E-state index contributed by atoms with van der Waals surface area (Å²) in [4.78, 5) is 25.5. The van der Waals surface area contributed by atoms with Crippen molar-refractivity contribution in [2.45, 2.75) is 32.8 Å². The summed E-state index contributed by atoms with van der Waals surface area (Å²) in [5, 5.41) is 2.82. The van der Waals surface area contributed by atoms with Gasteiger partial charge in [0, 0.05) is 18.7 Å². The van der Waals surface area contributed by atoms with Crippen molar-refractivity contribution in [3.63, 3.8) is 0 Å². The molecule has 0 bridgehead atoms. The van der Waals surface area contributed by atoms with Crippen LogP contribution in [-0.2, 0) is 9.59 Å². The highest BCUT2D eigenvalue weighted by Crippen LogP contribution is 2.36. The first-order chi connectivity index (χ1) is 10.1. The molecule has 1 heterocycles. The number of nitrogens with zero attached hydrogens (tertiary/aromatic N) is 1. The van der Waals surface area contributed by atoms with E-state index in [1.54, 1.807) is 36.1 Å².